The Kier molecular flexibility index (Phi) is 12.1. The van der Waals surface area contributed by atoms with Crippen molar-refractivity contribution in [3.05, 3.63) is 193 Å². The summed E-state index contributed by atoms with van der Waals surface area (Å²) < 4.78 is 11.0. The number of anilines is 6. The minimum Gasteiger partial charge on any atom is -0.380 e. The summed E-state index contributed by atoms with van der Waals surface area (Å²) in [6, 6.07) is 64.6. The van der Waals surface area contributed by atoms with Crippen LogP contribution in [0, 0.1) is 10.8 Å². The summed E-state index contributed by atoms with van der Waals surface area (Å²) in [5, 5.41) is 4.73. The second-order valence-electron chi connectivity index (χ2n) is 18.6. The van der Waals surface area contributed by atoms with E-state index in [4.69, 9.17) is 9.47 Å². The first-order chi connectivity index (χ1) is 32.3. The highest BCUT2D eigenvalue weighted by Gasteiger charge is 2.39. The molecule has 2 saturated heterocycles. The number of benzene rings is 8. The van der Waals surface area contributed by atoms with Crippen LogP contribution in [0.15, 0.2) is 182 Å². The van der Waals surface area contributed by atoms with E-state index in [2.05, 4.69) is 206 Å². The fourth-order valence-corrected chi connectivity index (χ4v) is 9.72. The first-order valence-electron chi connectivity index (χ1n) is 23.4. The van der Waals surface area contributed by atoms with Crippen molar-refractivity contribution >= 4 is 67.2 Å². The van der Waals surface area contributed by atoms with E-state index in [1.54, 1.807) is 0 Å². The van der Waals surface area contributed by atoms with Gasteiger partial charge in [0.2, 0.25) is 0 Å². The molecule has 10 rings (SSSR count). The minimum absolute atomic E-state index is 0.0113. The Balaban J connectivity index is 0.916. The van der Waals surface area contributed by atoms with E-state index in [0.717, 1.165) is 69.2 Å². The molecule has 2 heterocycles. The molecule has 0 spiro atoms. The van der Waals surface area contributed by atoms with Crippen LogP contribution in [0.2, 0.25) is 0 Å². The van der Waals surface area contributed by atoms with Crippen LogP contribution in [0.1, 0.15) is 50.7 Å². The number of fused-ring (bicyclic) bond motifs is 2. The molecule has 0 aromatic heterocycles. The maximum absolute atomic E-state index is 13.1. The molecule has 0 unspecified atom stereocenters. The second-order valence-corrected chi connectivity index (χ2v) is 18.6. The summed E-state index contributed by atoms with van der Waals surface area (Å²) in [5.41, 5.74) is 10.6. The molecule has 6 nitrogen and oxygen atoms in total. The van der Waals surface area contributed by atoms with Gasteiger partial charge in [0.1, 0.15) is 11.6 Å². The van der Waals surface area contributed by atoms with Gasteiger partial charge < -0.3 is 19.3 Å². The van der Waals surface area contributed by atoms with Crippen molar-refractivity contribution in [3.8, 4) is 11.1 Å². The smallest absolute Gasteiger partial charge is 0.137 e. The molecule has 8 aromatic carbocycles. The van der Waals surface area contributed by atoms with Gasteiger partial charge in [-0.2, -0.15) is 0 Å². The van der Waals surface area contributed by atoms with E-state index in [0.29, 0.717) is 52.1 Å². The van der Waals surface area contributed by atoms with Crippen LogP contribution in [0.3, 0.4) is 0 Å². The number of Topliss-reactive ketones (excluding diaryl/α,β-unsaturated/α-hetero) is 2. The van der Waals surface area contributed by atoms with Crippen LogP contribution < -0.4 is 9.80 Å². The van der Waals surface area contributed by atoms with Gasteiger partial charge in [-0.1, -0.05) is 123 Å². The number of hydrogen-bond donors (Lipinski definition) is 0. The number of carbonyl (C=O) groups excluding carboxylic acids is 2. The van der Waals surface area contributed by atoms with Crippen molar-refractivity contribution in [1.29, 1.82) is 0 Å². The second kappa shape index (κ2) is 18.6. The Bertz CT molecular complexity index is 2770. The lowest BCUT2D eigenvalue weighted by atomic mass is 9.78. The van der Waals surface area contributed by atoms with Crippen LogP contribution in [-0.4, -0.2) is 38.0 Å². The van der Waals surface area contributed by atoms with Crippen molar-refractivity contribution in [3.63, 3.8) is 0 Å². The molecule has 66 heavy (non-hydrogen) atoms. The zero-order valence-electron chi connectivity index (χ0n) is 37.9. The lowest BCUT2D eigenvalue weighted by Gasteiger charge is -2.40. The third-order valence-electron chi connectivity index (χ3n) is 14.0. The van der Waals surface area contributed by atoms with Crippen LogP contribution in [0.4, 0.5) is 34.1 Å². The zero-order valence-corrected chi connectivity index (χ0v) is 37.9. The number of ether oxygens (including phenoxy) is 2. The maximum Gasteiger partial charge on any atom is 0.137 e. The number of nitrogens with zero attached hydrogens (tertiary/aromatic N) is 2. The molecular formula is C60H56N2O4. The third kappa shape index (κ3) is 9.04. The first-order valence-corrected chi connectivity index (χ1v) is 23.4. The van der Waals surface area contributed by atoms with Gasteiger partial charge in [-0.25, -0.2) is 0 Å². The SMILES string of the molecule is CCC1(CC(=O)Cc2ccc(N(c3ccc(-c4ccc(N(c5ccc(CC(=O)CC6(CC)COC6)cc5)c5ccc6ccccc6c5)cc4)cc3)c3ccc4ccccc4c3)cc2)COC1. The normalized spacial score (nSPS) is 14.9. The van der Waals surface area contributed by atoms with Crippen LogP contribution >= 0.6 is 0 Å². The molecule has 0 saturated carbocycles. The predicted molar refractivity (Wildman–Crippen MR) is 270 cm³/mol. The quantitative estimate of drug-likeness (QED) is 0.0909. The van der Waals surface area contributed by atoms with Crippen LogP contribution in [0.25, 0.3) is 32.7 Å². The molecule has 0 N–H and O–H groups in total. The van der Waals surface area contributed by atoms with Gasteiger partial charge in [0.15, 0.2) is 0 Å². The Morgan fingerprint density at radius 1 is 0.409 bits per heavy atom. The molecule has 0 atom stereocenters. The molecule has 8 aromatic rings. The Labute approximate surface area is 388 Å². The monoisotopic (exact) mass is 868 g/mol. The lowest BCUT2D eigenvalue weighted by Crippen LogP contribution is -2.43. The van der Waals surface area contributed by atoms with E-state index >= 15 is 0 Å². The Morgan fingerprint density at radius 3 is 1.05 bits per heavy atom. The fourth-order valence-electron chi connectivity index (χ4n) is 9.72. The predicted octanol–water partition coefficient (Wildman–Crippen LogP) is 14.5. The highest BCUT2D eigenvalue weighted by molar-refractivity contribution is 5.91. The van der Waals surface area contributed by atoms with Gasteiger partial charge in [0.25, 0.3) is 0 Å². The van der Waals surface area contributed by atoms with E-state index in [9.17, 15) is 9.59 Å². The molecule has 6 heteroatoms. The first kappa shape index (κ1) is 43.1. The van der Waals surface area contributed by atoms with Crippen molar-refractivity contribution in [1.82, 2.24) is 0 Å². The summed E-state index contributed by atoms with van der Waals surface area (Å²) in [6.45, 7) is 7.03. The third-order valence-corrected chi connectivity index (χ3v) is 14.0. The molecule has 2 aliphatic rings. The molecule has 2 aliphatic heterocycles. The average molecular weight is 869 g/mol. The number of ketones is 2. The lowest BCUT2D eigenvalue weighted by molar-refractivity contribution is -0.142. The number of rotatable bonds is 17. The minimum atomic E-state index is 0.0113. The highest BCUT2D eigenvalue weighted by atomic mass is 16.5. The van der Waals surface area contributed by atoms with Crippen LogP contribution in [0.5, 0.6) is 0 Å². The molecule has 0 radical (unpaired) electrons. The summed E-state index contributed by atoms with van der Waals surface area (Å²) in [5.74, 6) is 0.534. The largest absolute Gasteiger partial charge is 0.380 e. The molecule has 0 amide bonds. The molecule has 0 bridgehead atoms. The van der Waals surface area contributed by atoms with Gasteiger partial charge in [0, 0.05) is 70.6 Å². The molecule has 0 aliphatic carbocycles. The van der Waals surface area contributed by atoms with Gasteiger partial charge in [0.05, 0.1) is 26.4 Å². The molecule has 2 fully saturated rings. The van der Waals surface area contributed by atoms with Crippen molar-refractivity contribution in [2.75, 3.05) is 36.2 Å². The molecular weight excluding hydrogens is 813 g/mol. The molecule has 330 valence electrons. The summed E-state index contributed by atoms with van der Waals surface area (Å²) in [7, 11) is 0. The van der Waals surface area contributed by atoms with Crippen molar-refractivity contribution < 1.29 is 19.1 Å². The number of carbonyl (C=O) groups is 2. The standard InChI is InChI=1S/C60H56N2O4/c1-3-59(39-65-40-59)37-57(63)33-43-13-23-51(24-14-43)61(55-31-21-45-9-5-7-11-49(45)35-55)53-27-17-47(18-28-53)48-19-29-54(30-20-48)62(56-32-22-46-10-6-8-12-50(46)36-56)52-25-15-44(16-26-52)34-58(64)38-60(4-2)41-66-42-60/h5-32,35-36H,3-4,33-34,37-42H2,1-2H3. The van der Waals surface area contributed by atoms with Gasteiger partial charge >= 0.3 is 0 Å². The van der Waals surface area contributed by atoms with Gasteiger partial charge in [-0.3, -0.25) is 9.59 Å². The maximum atomic E-state index is 13.1. The van der Waals surface area contributed by atoms with E-state index < -0.39 is 0 Å². The summed E-state index contributed by atoms with van der Waals surface area (Å²) in [4.78, 5) is 30.9. The van der Waals surface area contributed by atoms with Crippen molar-refractivity contribution in [2.24, 2.45) is 10.8 Å². The topological polar surface area (TPSA) is 59.1 Å². The average Bonchev–Trinajstić information content (AvgIpc) is 3.33. The van der Waals surface area contributed by atoms with Crippen molar-refractivity contribution in [2.45, 2.75) is 52.4 Å². The highest BCUT2D eigenvalue weighted by Crippen LogP contribution is 2.41. The van der Waals surface area contributed by atoms with E-state index in [-0.39, 0.29) is 22.4 Å². The summed E-state index contributed by atoms with van der Waals surface area (Å²) >= 11 is 0. The number of hydrogen-bond acceptors (Lipinski definition) is 6. The van der Waals surface area contributed by atoms with E-state index in [1.807, 2.05) is 0 Å². The summed E-state index contributed by atoms with van der Waals surface area (Å²) in [6.07, 6.45) is 3.92. The Hall–Kier alpha value is -6.86. The van der Waals surface area contributed by atoms with Gasteiger partial charge in [-0.15, -0.1) is 0 Å². The van der Waals surface area contributed by atoms with Gasteiger partial charge in [-0.05, 0) is 129 Å². The Morgan fingerprint density at radius 2 is 0.727 bits per heavy atom. The van der Waals surface area contributed by atoms with Crippen LogP contribution in [-0.2, 0) is 31.9 Å². The zero-order chi connectivity index (χ0) is 45.1. The van der Waals surface area contributed by atoms with E-state index in [1.165, 1.54) is 21.5 Å². The fraction of sp³-hybridized carbons (Fsp3) is 0.233.